The number of benzene rings is 2. The van der Waals surface area contributed by atoms with Crippen molar-refractivity contribution >= 4 is 33.6 Å². The Morgan fingerprint density at radius 2 is 1.68 bits per heavy atom. The van der Waals surface area contributed by atoms with Gasteiger partial charge in [-0.15, -0.1) is 0 Å². The van der Waals surface area contributed by atoms with Crippen molar-refractivity contribution in [3.63, 3.8) is 0 Å². The van der Waals surface area contributed by atoms with Crippen LogP contribution in [0.15, 0.2) is 47.4 Å². The van der Waals surface area contributed by atoms with Gasteiger partial charge < -0.3 is 24.8 Å². The zero-order valence-electron chi connectivity index (χ0n) is 22.5. The van der Waals surface area contributed by atoms with Crippen LogP contribution in [-0.4, -0.2) is 80.5 Å². The first-order chi connectivity index (χ1) is 19.0. The lowest BCUT2D eigenvalue weighted by atomic mass is 9.91. The monoisotopic (exact) mass is 572 g/mol. The lowest BCUT2D eigenvalue weighted by molar-refractivity contribution is -0.133. The highest BCUT2D eigenvalue weighted by atomic mass is 32.2. The Hall–Kier alpha value is -3.68. The molecule has 0 saturated carbocycles. The molecule has 13 heteroatoms. The lowest BCUT2D eigenvalue weighted by Gasteiger charge is -2.34. The Balaban J connectivity index is 1.24. The Kier molecular flexibility index (Phi) is 7.46. The maximum atomic E-state index is 13.3. The van der Waals surface area contributed by atoms with Crippen molar-refractivity contribution in [1.29, 1.82) is 0 Å². The van der Waals surface area contributed by atoms with Gasteiger partial charge in [0.1, 0.15) is 12.1 Å². The van der Waals surface area contributed by atoms with Crippen LogP contribution in [0.2, 0.25) is 0 Å². The van der Waals surface area contributed by atoms with Crippen molar-refractivity contribution in [3.05, 3.63) is 48.0 Å². The topological polar surface area (TPSA) is 144 Å². The van der Waals surface area contributed by atoms with E-state index in [0.717, 1.165) is 11.3 Å². The van der Waals surface area contributed by atoms with Crippen LogP contribution in [0, 0.1) is 0 Å². The molecule has 5 rings (SSSR count). The van der Waals surface area contributed by atoms with Gasteiger partial charge in [0.25, 0.3) is 5.91 Å². The highest BCUT2D eigenvalue weighted by Gasteiger charge is 2.49. The number of hydrogen-bond acceptors (Lipinski definition) is 8. The summed E-state index contributed by atoms with van der Waals surface area (Å²) in [6, 6.07) is 10.1. The summed E-state index contributed by atoms with van der Waals surface area (Å²) in [5.74, 6) is -0.154. The van der Waals surface area contributed by atoms with E-state index in [-0.39, 0.29) is 30.2 Å². The predicted molar refractivity (Wildman–Crippen MR) is 143 cm³/mol. The van der Waals surface area contributed by atoms with Gasteiger partial charge in [0.15, 0.2) is 11.5 Å². The van der Waals surface area contributed by atoms with Crippen LogP contribution in [0.5, 0.6) is 11.5 Å². The number of carbonyl (C=O) groups excluding carboxylic acids is 3. The summed E-state index contributed by atoms with van der Waals surface area (Å²) < 4.78 is 44.5. The van der Waals surface area contributed by atoms with Crippen LogP contribution in [0.4, 0.5) is 10.5 Å². The van der Waals surface area contributed by atoms with E-state index in [1.807, 2.05) is 13.8 Å². The van der Waals surface area contributed by atoms with Crippen LogP contribution in [0.1, 0.15) is 32.8 Å². The molecule has 2 aromatic carbocycles. The molecule has 2 aromatic rings. The number of fused-ring (bicyclic) bond motifs is 1. The second-order valence-corrected chi connectivity index (χ2v) is 12.2. The highest BCUT2D eigenvalue weighted by Crippen LogP contribution is 2.36. The van der Waals surface area contributed by atoms with E-state index in [1.54, 1.807) is 25.1 Å². The molecule has 0 spiro atoms. The first kappa shape index (κ1) is 27.9. The number of morpholine rings is 1. The largest absolute Gasteiger partial charge is 0.490 e. The molecule has 12 nitrogen and oxygen atoms in total. The molecule has 0 bridgehead atoms. The fraction of sp³-hybridized carbons (Fsp3) is 0.444. The second-order valence-electron chi connectivity index (χ2n) is 10.3. The lowest BCUT2D eigenvalue weighted by Crippen LogP contribution is -2.48. The predicted octanol–water partition coefficient (Wildman–Crippen LogP) is 2.05. The van der Waals surface area contributed by atoms with Gasteiger partial charge in [-0.05, 0) is 62.7 Å². The number of nitrogens with one attached hydrogen (secondary N) is 2. The third kappa shape index (κ3) is 5.36. The second kappa shape index (κ2) is 10.7. The number of nitrogens with zero attached hydrogens (tertiary/aromatic N) is 2. The van der Waals surface area contributed by atoms with Crippen molar-refractivity contribution < 1.29 is 37.0 Å². The van der Waals surface area contributed by atoms with E-state index in [9.17, 15) is 22.8 Å². The summed E-state index contributed by atoms with van der Waals surface area (Å²) in [5.41, 5.74) is -0.573. The van der Waals surface area contributed by atoms with Gasteiger partial charge in [0, 0.05) is 25.2 Å². The maximum Gasteiger partial charge on any atom is 0.325 e. The molecular formula is C27H32N4O8S. The number of ether oxygens (including phenoxy) is 3. The maximum absolute atomic E-state index is 13.3. The quantitative estimate of drug-likeness (QED) is 0.501. The Bertz CT molecular complexity index is 1420. The molecule has 3 aliphatic heterocycles. The van der Waals surface area contributed by atoms with E-state index < -0.39 is 40.0 Å². The molecule has 0 unspecified atom stereocenters. The number of hydrogen-bond donors (Lipinski definition) is 2. The zero-order valence-corrected chi connectivity index (χ0v) is 23.3. The molecule has 2 saturated heterocycles. The SMILES string of the molecule is C[C@@H]1CN(S(=O)(=O)c2ccc(NC(=O)CN3C(=O)N[C@](C)(c4ccc5c(c4)OCCCO5)C3=O)cc2)C[C@H](C)O1. The summed E-state index contributed by atoms with van der Waals surface area (Å²) in [6.45, 7) is 6.19. The van der Waals surface area contributed by atoms with Gasteiger partial charge in [0.05, 0.1) is 30.3 Å². The molecule has 2 N–H and O–H groups in total. The molecule has 4 amide bonds. The first-order valence-electron chi connectivity index (χ1n) is 13.1. The number of amides is 4. The summed E-state index contributed by atoms with van der Waals surface area (Å²) in [5, 5.41) is 5.30. The Morgan fingerprint density at radius 1 is 1.02 bits per heavy atom. The van der Waals surface area contributed by atoms with Gasteiger partial charge >= 0.3 is 6.03 Å². The van der Waals surface area contributed by atoms with E-state index in [1.165, 1.54) is 28.6 Å². The fourth-order valence-corrected chi connectivity index (χ4v) is 6.63. The summed E-state index contributed by atoms with van der Waals surface area (Å²) >= 11 is 0. The van der Waals surface area contributed by atoms with Crippen molar-refractivity contribution in [3.8, 4) is 11.5 Å². The molecule has 0 radical (unpaired) electrons. The number of imide groups is 1. The van der Waals surface area contributed by atoms with Crippen LogP contribution in [0.25, 0.3) is 0 Å². The number of carbonyl (C=O) groups is 3. The molecular weight excluding hydrogens is 540 g/mol. The smallest absolute Gasteiger partial charge is 0.325 e. The van der Waals surface area contributed by atoms with E-state index in [0.29, 0.717) is 36.0 Å². The zero-order chi connectivity index (χ0) is 28.7. The van der Waals surface area contributed by atoms with Gasteiger partial charge in [-0.1, -0.05) is 6.07 Å². The highest BCUT2D eigenvalue weighted by molar-refractivity contribution is 7.89. The molecule has 0 aliphatic carbocycles. The van der Waals surface area contributed by atoms with Gasteiger partial charge in [-0.25, -0.2) is 13.2 Å². The number of sulfonamides is 1. The van der Waals surface area contributed by atoms with Gasteiger partial charge in [-0.3, -0.25) is 14.5 Å². The normalized spacial score (nSPS) is 25.3. The number of rotatable bonds is 6. The Labute approximate surface area is 232 Å². The minimum atomic E-state index is -3.74. The average Bonchev–Trinajstić information content (AvgIpc) is 3.06. The summed E-state index contributed by atoms with van der Waals surface area (Å²) in [7, 11) is -3.74. The molecule has 3 heterocycles. The van der Waals surface area contributed by atoms with E-state index in [2.05, 4.69) is 10.6 Å². The fourth-order valence-electron chi connectivity index (χ4n) is 5.04. The minimum Gasteiger partial charge on any atom is -0.490 e. The molecule has 3 atom stereocenters. The van der Waals surface area contributed by atoms with Gasteiger partial charge in [0.2, 0.25) is 15.9 Å². The van der Waals surface area contributed by atoms with Crippen LogP contribution in [0.3, 0.4) is 0 Å². The van der Waals surface area contributed by atoms with Crippen molar-refractivity contribution in [2.24, 2.45) is 0 Å². The third-order valence-corrected chi connectivity index (χ3v) is 8.91. The Morgan fingerprint density at radius 3 is 2.35 bits per heavy atom. The molecule has 40 heavy (non-hydrogen) atoms. The average molecular weight is 573 g/mol. The molecule has 3 aliphatic rings. The number of urea groups is 1. The van der Waals surface area contributed by atoms with Crippen molar-refractivity contribution in [1.82, 2.24) is 14.5 Å². The number of anilines is 1. The van der Waals surface area contributed by atoms with Crippen LogP contribution >= 0.6 is 0 Å². The standard InChI is InChI=1S/C27H32N4O8S/c1-17-14-30(15-18(2)39-17)40(35,36)21-8-6-20(7-9-21)28-24(32)16-31-25(33)27(3,29-26(31)34)19-5-10-22-23(13-19)38-12-4-11-37-22/h5-10,13,17-18H,4,11-12,14-16H2,1-3H3,(H,28,32)(H,29,34)/t17-,18+,27-/m1/s1. The molecule has 0 aromatic heterocycles. The minimum absolute atomic E-state index is 0.0896. The van der Waals surface area contributed by atoms with Crippen molar-refractivity contribution in [2.75, 3.05) is 38.2 Å². The van der Waals surface area contributed by atoms with Crippen LogP contribution in [-0.2, 0) is 29.9 Å². The summed E-state index contributed by atoms with van der Waals surface area (Å²) in [4.78, 5) is 39.8. The first-order valence-corrected chi connectivity index (χ1v) is 14.5. The third-order valence-electron chi connectivity index (χ3n) is 7.06. The molecule has 214 valence electrons. The van der Waals surface area contributed by atoms with Gasteiger partial charge in [-0.2, -0.15) is 4.31 Å². The van der Waals surface area contributed by atoms with Crippen LogP contribution < -0.4 is 20.1 Å². The van der Waals surface area contributed by atoms with Crippen molar-refractivity contribution in [2.45, 2.75) is 49.8 Å². The molecule has 2 fully saturated rings. The van der Waals surface area contributed by atoms with E-state index >= 15 is 0 Å². The van der Waals surface area contributed by atoms with E-state index in [4.69, 9.17) is 14.2 Å². The summed E-state index contributed by atoms with van der Waals surface area (Å²) in [6.07, 6.45) is 0.289.